The molecule has 4 nitrogen and oxygen atoms in total. The van der Waals surface area contributed by atoms with E-state index in [-0.39, 0.29) is 5.91 Å². The van der Waals surface area contributed by atoms with E-state index in [2.05, 4.69) is 4.98 Å². The Kier molecular flexibility index (Phi) is 2.74. The third kappa shape index (κ3) is 1.91. The van der Waals surface area contributed by atoms with Crippen LogP contribution in [-0.4, -0.2) is 42.1 Å². The third-order valence-corrected chi connectivity index (χ3v) is 2.39. The number of hydrogen-bond acceptors (Lipinski definition) is 2. The summed E-state index contributed by atoms with van der Waals surface area (Å²) in [5.41, 5.74) is 0.539. The van der Waals surface area contributed by atoms with Crippen molar-refractivity contribution in [2.75, 3.05) is 26.3 Å². The van der Waals surface area contributed by atoms with Crippen LogP contribution in [0.25, 0.3) is 0 Å². The zero-order valence-corrected chi connectivity index (χ0v) is 8.38. The molecule has 76 valence electrons. The molecule has 1 aromatic rings. The Morgan fingerprint density at radius 2 is 2.21 bits per heavy atom. The van der Waals surface area contributed by atoms with Crippen molar-refractivity contribution < 1.29 is 9.53 Å². The van der Waals surface area contributed by atoms with Gasteiger partial charge in [0.05, 0.1) is 18.2 Å². The Labute approximate surface area is 86.8 Å². The number of aromatic amines is 1. The molecule has 0 radical (unpaired) electrons. The monoisotopic (exact) mass is 214 g/mol. The summed E-state index contributed by atoms with van der Waals surface area (Å²) >= 11 is 5.72. The highest BCUT2D eigenvalue weighted by molar-refractivity contribution is 6.30. The van der Waals surface area contributed by atoms with Crippen LogP contribution in [0.2, 0.25) is 5.02 Å². The first kappa shape index (κ1) is 9.55. The van der Waals surface area contributed by atoms with Crippen molar-refractivity contribution in [1.82, 2.24) is 9.88 Å². The molecule has 1 aromatic heterocycles. The molecular formula is C9H11ClN2O2. The van der Waals surface area contributed by atoms with Crippen LogP contribution >= 0.6 is 11.6 Å². The fourth-order valence-electron chi connectivity index (χ4n) is 1.43. The van der Waals surface area contributed by atoms with Gasteiger partial charge in [0.1, 0.15) is 5.69 Å². The summed E-state index contributed by atoms with van der Waals surface area (Å²) in [7, 11) is 0. The van der Waals surface area contributed by atoms with Crippen molar-refractivity contribution in [2.45, 2.75) is 0 Å². The Morgan fingerprint density at radius 3 is 2.79 bits per heavy atom. The predicted molar refractivity (Wildman–Crippen MR) is 52.5 cm³/mol. The number of carbonyl (C=O) groups is 1. The van der Waals surface area contributed by atoms with Crippen molar-refractivity contribution in [3.05, 3.63) is 23.0 Å². The second kappa shape index (κ2) is 4.02. The van der Waals surface area contributed by atoms with E-state index >= 15 is 0 Å². The summed E-state index contributed by atoms with van der Waals surface area (Å²) < 4.78 is 5.16. The fraction of sp³-hybridized carbons (Fsp3) is 0.444. The Balaban J connectivity index is 2.07. The molecule has 1 aliphatic heterocycles. The zero-order chi connectivity index (χ0) is 9.97. The van der Waals surface area contributed by atoms with Gasteiger partial charge in [-0.2, -0.15) is 0 Å². The van der Waals surface area contributed by atoms with Crippen LogP contribution in [0.5, 0.6) is 0 Å². The lowest BCUT2D eigenvalue weighted by atomic mass is 10.3. The SMILES string of the molecule is O=C(c1cc(Cl)c[nH]1)N1CCOCC1. The van der Waals surface area contributed by atoms with Crippen molar-refractivity contribution in [3.8, 4) is 0 Å². The molecule has 0 atom stereocenters. The van der Waals surface area contributed by atoms with Crippen molar-refractivity contribution >= 4 is 17.5 Å². The molecule has 2 rings (SSSR count). The number of carbonyl (C=O) groups excluding carboxylic acids is 1. The van der Waals surface area contributed by atoms with Crippen molar-refractivity contribution in [2.24, 2.45) is 0 Å². The van der Waals surface area contributed by atoms with Gasteiger partial charge in [-0.1, -0.05) is 11.6 Å². The van der Waals surface area contributed by atoms with E-state index in [9.17, 15) is 4.79 Å². The first-order valence-corrected chi connectivity index (χ1v) is 4.86. The van der Waals surface area contributed by atoms with E-state index in [1.807, 2.05) is 0 Å². The van der Waals surface area contributed by atoms with Gasteiger partial charge in [0.25, 0.3) is 5.91 Å². The van der Waals surface area contributed by atoms with Gasteiger partial charge in [0.15, 0.2) is 0 Å². The number of aromatic nitrogens is 1. The minimum absolute atomic E-state index is 0.0137. The van der Waals surface area contributed by atoms with Crippen LogP contribution in [-0.2, 0) is 4.74 Å². The van der Waals surface area contributed by atoms with Gasteiger partial charge in [0.2, 0.25) is 0 Å². The molecule has 1 N–H and O–H groups in total. The molecule has 0 unspecified atom stereocenters. The van der Waals surface area contributed by atoms with Gasteiger partial charge in [0, 0.05) is 19.3 Å². The molecule has 1 aliphatic rings. The molecule has 5 heteroatoms. The average molecular weight is 215 g/mol. The van der Waals surface area contributed by atoms with Crippen molar-refractivity contribution in [1.29, 1.82) is 0 Å². The van der Waals surface area contributed by atoms with Gasteiger partial charge in [-0.15, -0.1) is 0 Å². The van der Waals surface area contributed by atoms with Crippen molar-refractivity contribution in [3.63, 3.8) is 0 Å². The quantitative estimate of drug-likeness (QED) is 0.762. The van der Waals surface area contributed by atoms with E-state index in [4.69, 9.17) is 16.3 Å². The number of amides is 1. The van der Waals surface area contributed by atoms with Gasteiger partial charge < -0.3 is 14.6 Å². The number of hydrogen-bond donors (Lipinski definition) is 1. The highest BCUT2D eigenvalue weighted by Crippen LogP contribution is 2.12. The Morgan fingerprint density at radius 1 is 1.50 bits per heavy atom. The summed E-state index contributed by atoms with van der Waals surface area (Å²) in [4.78, 5) is 16.4. The van der Waals surface area contributed by atoms with Crippen LogP contribution in [0.4, 0.5) is 0 Å². The van der Waals surface area contributed by atoms with Crippen LogP contribution in [0, 0.1) is 0 Å². The summed E-state index contributed by atoms with van der Waals surface area (Å²) in [5.74, 6) is -0.0137. The molecule has 0 saturated carbocycles. The molecule has 1 amide bonds. The van der Waals surface area contributed by atoms with E-state index in [1.54, 1.807) is 17.2 Å². The first-order chi connectivity index (χ1) is 6.77. The first-order valence-electron chi connectivity index (χ1n) is 4.48. The van der Waals surface area contributed by atoms with E-state index in [0.717, 1.165) is 0 Å². The third-order valence-electron chi connectivity index (χ3n) is 2.18. The smallest absolute Gasteiger partial charge is 0.270 e. The van der Waals surface area contributed by atoms with E-state index in [0.29, 0.717) is 37.0 Å². The number of rotatable bonds is 1. The maximum Gasteiger partial charge on any atom is 0.270 e. The number of morpholine rings is 1. The minimum atomic E-state index is -0.0137. The molecular weight excluding hydrogens is 204 g/mol. The summed E-state index contributed by atoms with van der Waals surface area (Å²) in [6.07, 6.45) is 1.61. The number of H-pyrrole nitrogens is 1. The predicted octanol–water partition coefficient (Wildman–Crippen LogP) is 1.14. The normalized spacial score (nSPS) is 17.1. The maximum absolute atomic E-state index is 11.8. The second-order valence-electron chi connectivity index (χ2n) is 3.14. The Hall–Kier alpha value is -1.00. The molecule has 14 heavy (non-hydrogen) atoms. The largest absolute Gasteiger partial charge is 0.378 e. The topological polar surface area (TPSA) is 45.3 Å². The summed E-state index contributed by atoms with van der Waals surface area (Å²) in [5, 5.41) is 0.557. The van der Waals surface area contributed by atoms with Gasteiger partial charge in [-0.05, 0) is 6.07 Å². The van der Waals surface area contributed by atoms with Crippen LogP contribution < -0.4 is 0 Å². The van der Waals surface area contributed by atoms with Gasteiger partial charge in [-0.25, -0.2) is 0 Å². The molecule has 0 aliphatic carbocycles. The molecule has 1 saturated heterocycles. The van der Waals surface area contributed by atoms with Crippen LogP contribution in [0.3, 0.4) is 0 Å². The molecule has 0 spiro atoms. The summed E-state index contributed by atoms with van der Waals surface area (Å²) in [6, 6.07) is 1.64. The lowest BCUT2D eigenvalue weighted by Crippen LogP contribution is -2.40. The number of nitrogens with one attached hydrogen (secondary N) is 1. The Bertz CT molecular complexity index is 331. The molecule has 0 bridgehead atoms. The summed E-state index contributed by atoms with van der Waals surface area (Å²) in [6.45, 7) is 2.52. The fourth-order valence-corrected chi connectivity index (χ4v) is 1.59. The minimum Gasteiger partial charge on any atom is -0.378 e. The molecule has 0 aromatic carbocycles. The maximum atomic E-state index is 11.8. The molecule has 1 fully saturated rings. The number of nitrogens with zero attached hydrogens (tertiary/aromatic N) is 1. The number of ether oxygens (including phenoxy) is 1. The van der Waals surface area contributed by atoms with E-state index < -0.39 is 0 Å². The zero-order valence-electron chi connectivity index (χ0n) is 7.62. The number of halogens is 1. The lowest BCUT2D eigenvalue weighted by molar-refractivity contribution is 0.0299. The van der Waals surface area contributed by atoms with E-state index in [1.165, 1.54) is 0 Å². The van der Waals surface area contributed by atoms with Crippen LogP contribution in [0.15, 0.2) is 12.3 Å². The average Bonchev–Trinajstić information content (AvgIpc) is 2.65. The highest BCUT2D eigenvalue weighted by atomic mass is 35.5. The standard InChI is InChI=1S/C9H11ClN2O2/c10-7-5-8(11-6-7)9(13)12-1-3-14-4-2-12/h5-6,11H,1-4H2. The second-order valence-corrected chi connectivity index (χ2v) is 3.57. The molecule has 2 heterocycles. The van der Waals surface area contributed by atoms with Gasteiger partial charge in [-0.3, -0.25) is 4.79 Å². The highest BCUT2D eigenvalue weighted by Gasteiger charge is 2.19. The van der Waals surface area contributed by atoms with Gasteiger partial charge >= 0.3 is 0 Å². The van der Waals surface area contributed by atoms with Crippen LogP contribution in [0.1, 0.15) is 10.5 Å². The lowest BCUT2D eigenvalue weighted by Gasteiger charge is -2.26.